The third kappa shape index (κ3) is 2.43. The molecule has 8 nitrogen and oxygen atoms in total. The summed E-state index contributed by atoms with van der Waals surface area (Å²) in [5, 5.41) is 34.0. The molecular formula is C19H30O8. The van der Waals surface area contributed by atoms with Crippen molar-refractivity contribution in [2.45, 2.75) is 95.6 Å². The second-order valence-corrected chi connectivity index (χ2v) is 9.12. The highest BCUT2D eigenvalue weighted by Crippen LogP contribution is 2.67. The summed E-state index contributed by atoms with van der Waals surface area (Å²) in [7, 11) is 0. The van der Waals surface area contributed by atoms with Gasteiger partial charge in [0.2, 0.25) is 0 Å². The van der Waals surface area contributed by atoms with Gasteiger partial charge in [0.1, 0.15) is 23.9 Å². The van der Waals surface area contributed by atoms with Crippen LogP contribution < -0.4 is 0 Å². The van der Waals surface area contributed by atoms with Crippen LogP contribution in [0, 0.1) is 11.3 Å². The summed E-state index contributed by atoms with van der Waals surface area (Å²) in [5.41, 5.74) is -5.49. The van der Waals surface area contributed by atoms with E-state index >= 15 is 0 Å². The number of rotatable bonds is 2. The Labute approximate surface area is 158 Å². The topological polar surface area (TPSA) is 123 Å². The molecule has 2 aliphatic carbocycles. The van der Waals surface area contributed by atoms with Crippen molar-refractivity contribution in [1.82, 2.24) is 0 Å². The molecular weight excluding hydrogens is 356 g/mol. The standard InChI is InChI=1S/C19H30O8/c1-9(20)25-11-7-8-17(5,24)19-14(22)12(16(3,4)27-19)13(26-10(2)21)15(23)18(11,19)6/h11-15,22-24H,7-8H2,1-6H3/t11-,12+,13-,14+,15-,17-,18-,19-/m0/s1. The molecule has 8 atom stereocenters. The molecule has 0 aromatic rings. The van der Waals surface area contributed by atoms with Crippen LogP contribution in [0.25, 0.3) is 0 Å². The van der Waals surface area contributed by atoms with Gasteiger partial charge in [0, 0.05) is 13.8 Å². The Morgan fingerprint density at radius 1 is 1.00 bits per heavy atom. The normalized spacial score (nSPS) is 50.6. The molecule has 0 radical (unpaired) electrons. The van der Waals surface area contributed by atoms with E-state index in [4.69, 9.17) is 14.2 Å². The van der Waals surface area contributed by atoms with E-state index in [1.54, 1.807) is 27.7 Å². The van der Waals surface area contributed by atoms with Gasteiger partial charge in [0.25, 0.3) is 0 Å². The van der Waals surface area contributed by atoms with E-state index in [-0.39, 0.29) is 12.8 Å². The van der Waals surface area contributed by atoms with E-state index in [0.29, 0.717) is 0 Å². The lowest BCUT2D eigenvalue weighted by Crippen LogP contribution is -2.80. The summed E-state index contributed by atoms with van der Waals surface area (Å²) in [6.45, 7) is 9.14. The molecule has 27 heavy (non-hydrogen) atoms. The molecule has 1 spiro atoms. The molecule has 3 rings (SSSR count). The third-order valence-electron chi connectivity index (χ3n) is 7.04. The van der Waals surface area contributed by atoms with Gasteiger partial charge < -0.3 is 29.5 Å². The van der Waals surface area contributed by atoms with Crippen LogP contribution >= 0.6 is 0 Å². The van der Waals surface area contributed by atoms with Gasteiger partial charge in [0.05, 0.1) is 28.6 Å². The SMILES string of the molecule is CC(=O)O[C@H]1[C@@H]2[C@@H](O)[C@@]3(OC2(C)C)[C@@](C)([C@@H](OC(C)=O)CC[C@]3(C)O)[C@H]1O. The zero-order chi connectivity index (χ0) is 20.6. The molecule has 0 amide bonds. The van der Waals surface area contributed by atoms with Crippen molar-refractivity contribution in [1.29, 1.82) is 0 Å². The van der Waals surface area contributed by atoms with Crippen molar-refractivity contribution >= 4 is 11.9 Å². The number of fused-ring (bicyclic) bond motifs is 1. The molecule has 1 aliphatic heterocycles. The van der Waals surface area contributed by atoms with Crippen LogP contribution in [-0.2, 0) is 23.8 Å². The number of ether oxygens (including phenoxy) is 3. The van der Waals surface area contributed by atoms with Gasteiger partial charge in [-0.25, -0.2) is 0 Å². The average molecular weight is 386 g/mol. The summed E-state index contributed by atoms with van der Waals surface area (Å²) >= 11 is 0. The largest absolute Gasteiger partial charge is 0.462 e. The zero-order valence-corrected chi connectivity index (χ0v) is 16.7. The van der Waals surface area contributed by atoms with Gasteiger partial charge in [-0.1, -0.05) is 6.92 Å². The van der Waals surface area contributed by atoms with E-state index in [1.165, 1.54) is 13.8 Å². The van der Waals surface area contributed by atoms with Crippen molar-refractivity contribution in [2.75, 3.05) is 0 Å². The summed E-state index contributed by atoms with van der Waals surface area (Å²) in [6.07, 6.45) is -3.96. The van der Waals surface area contributed by atoms with Gasteiger partial charge >= 0.3 is 11.9 Å². The molecule has 2 saturated carbocycles. The quantitative estimate of drug-likeness (QED) is 0.579. The smallest absolute Gasteiger partial charge is 0.303 e. The van der Waals surface area contributed by atoms with E-state index in [1.807, 2.05) is 0 Å². The third-order valence-corrected chi connectivity index (χ3v) is 7.04. The van der Waals surface area contributed by atoms with Gasteiger partial charge in [-0.2, -0.15) is 0 Å². The molecule has 1 heterocycles. The van der Waals surface area contributed by atoms with E-state index in [2.05, 4.69) is 0 Å². The molecule has 0 aromatic heterocycles. The Hall–Kier alpha value is -1.22. The summed E-state index contributed by atoms with van der Waals surface area (Å²) < 4.78 is 17.3. The van der Waals surface area contributed by atoms with Crippen LogP contribution in [0.3, 0.4) is 0 Å². The summed E-state index contributed by atoms with van der Waals surface area (Å²) in [4.78, 5) is 23.4. The molecule has 3 fully saturated rings. The highest BCUT2D eigenvalue weighted by atomic mass is 16.6. The van der Waals surface area contributed by atoms with Crippen molar-refractivity contribution < 1.29 is 39.1 Å². The molecule has 0 aromatic carbocycles. The Kier molecular flexibility index (Phi) is 4.47. The van der Waals surface area contributed by atoms with E-state index in [0.717, 1.165) is 0 Å². The molecule has 3 N–H and O–H groups in total. The maximum absolute atomic E-state index is 11.7. The van der Waals surface area contributed by atoms with Crippen LogP contribution in [0.2, 0.25) is 0 Å². The molecule has 8 heteroatoms. The van der Waals surface area contributed by atoms with Crippen molar-refractivity contribution in [3.8, 4) is 0 Å². The van der Waals surface area contributed by atoms with Crippen LogP contribution in [0.1, 0.15) is 54.4 Å². The molecule has 1 saturated heterocycles. The minimum absolute atomic E-state index is 0.214. The average Bonchev–Trinajstić information content (AvgIpc) is 2.69. The molecule has 3 aliphatic rings. The first-order valence-corrected chi connectivity index (χ1v) is 9.35. The second-order valence-electron chi connectivity index (χ2n) is 9.12. The lowest BCUT2D eigenvalue weighted by Gasteiger charge is -2.64. The van der Waals surface area contributed by atoms with Crippen LogP contribution in [0.4, 0.5) is 0 Å². The fraction of sp³-hybridized carbons (Fsp3) is 0.895. The Morgan fingerprint density at radius 3 is 2.07 bits per heavy atom. The number of aliphatic hydroxyl groups is 3. The number of hydrogen-bond acceptors (Lipinski definition) is 8. The van der Waals surface area contributed by atoms with Crippen LogP contribution in [0.5, 0.6) is 0 Å². The van der Waals surface area contributed by atoms with Crippen molar-refractivity contribution in [3.05, 3.63) is 0 Å². The second kappa shape index (κ2) is 5.89. The minimum atomic E-state index is -1.59. The Bertz CT molecular complexity index is 658. The number of carbonyl (C=O) groups excluding carboxylic acids is 2. The first-order chi connectivity index (χ1) is 12.2. The molecule has 2 bridgehead atoms. The van der Waals surface area contributed by atoms with Gasteiger partial charge in [0.15, 0.2) is 0 Å². The maximum atomic E-state index is 11.7. The fourth-order valence-electron chi connectivity index (χ4n) is 5.98. The Balaban J connectivity index is 2.24. The molecule has 154 valence electrons. The van der Waals surface area contributed by atoms with Crippen LogP contribution in [-0.4, -0.2) is 68.5 Å². The lowest BCUT2D eigenvalue weighted by molar-refractivity contribution is -0.336. The highest BCUT2D eigenvalue weighted by molar-refractivity contribution is 5.67. The maximum Gasteiger partial charge on any atom is 0.303 e. The van der Waals surface area contributed by atoms with Crippen LogP contribution in [0.15, 0.2) is 0 Å². The predicted octanol–water partition coefficient (Wildman–Crippen LogP) is 0.300. The summed E-state index contributed by atoms with van der Waals surface area (Å²) in [5.74, 6) is -1.90. The van der Waals surface area contributed by atoms with Crippen molar-refractivity contribution in [3.63, 3.8) is 0 Å². The number of carbonyl (C=O) groups is 2. The number of esters is 2. The van der Waals surface area contributed by atoms with Gasteiger partial charge in [-0.05, 0) is 33.6 Å². The summed E-state index contributed by atoms with van der Waals surface area (Å²) in [6, 6.07) is 0. The first-order valence-electron chi connectivity index (χ1n) is 9.35. The molecule has 0 unspecified atom stereocenters. The zero-order valence-electron chi connectivity index (χ0n) is 16.7. The Morgan fingerprint density at radius 2 is 1.56 bits per heavy atom. The number of hydrogen-bond donors (Lipinski definition) is 3. The van der Waals surface area contributed by atoms with Gasteiger partial charge in [-0.15, -0.1) is 0 Å². The first kappa shape index (κ1) is 20.5. The van der Waals surface area contributed by atoms with E-state index in [9.17, 15) is 24.9 Å². The highest BCUT2D eigenvalue weighted by Gasteiger charge is 2.83. The van der Waals surface area contributed by atoms with Crippen molar-refractivity contribution in [2.24, 2.45) is 11.3 Å². The van der Waals surface area contributed by atoms with E-state index < -0.39 is 64.5 Å². The lowest BCUT2D eigenvalue weighted by atomic mass is 9.47. The number of aliphatic hydroxyl groups excluding tert-OH is 2. The predicted molar refractivity (Wildman–Crippen MR) is 92.5 cm³/mol. The van der Waals surface area contributed by atoms with Gasteiger partial charge in [-0.3, -0.25) is 9.59 Å². The fourth-order valence-corrected chi connectivity index (χ4v) is 5.98. The monoisotopic (exact) mass is 386 g/mol. The minimum Gasteiger partial charge on any atom is -0.462 e.